The van der Waals surface area contributed by atoms with E-state index in [9.17, 15) is 4.79 Å². The summed E-state index contributed by atoms with van der Waals surface area (Å²) in [5.74, 6) is 0.301. The summed E-state index contributed by atoms with van der Waals surface area (Å²) < 4.78 is 7.60. The zero-order valence-corrected chi connectivity index (χ0v) is 19.0. The van der Waals surface area contributed by atoms with Gasteiger partial charge in [-0.3, -0.25) is 9.36 Å². The van der Waals surface area contributed by atoms with Gasteiger partial charge >= 0.3 is 0 Å². The van der Waals surface area contributed by atoms with Gasteiger partial charge in [0.15, 0.2) is 0 Å². The molecule has 0 aliphatic heterocycles. The number of aromatic nitrogens is 2. The first-order valence-corrected chi connectivity index (χ1v) is 11.5. The van der Waals surface area contributed by atoms with Crippen molar-refractivity contribution in [2.45, 2.75) is 37.8 Å². The smallest absolute Gasteiger partial charge is 0.271 e. The summed E-state index contributed by atoms with van der Waals surface area (Å²) in [4.78, 5) is 17.8. The molecule has 1 heterocycles. The molecule has 32 heavy (non-hydrogen) atoms. The van der Waals surface area contributed by atoms with Crippen LogP contribution in [0.3, 0.4) is 0 Å². The number of carbonyl (C=O) groups is 1. The van der Waals surface area contributed by atoms with E-state index in [0.29, 0.717) is 21.6 Å². The van der Waals surface area contributed by atoms with Crippen LogP contribution in [0.2, 0.25) is 10.0 Å². The van der Waals surface area contributed by atoms with E-state index in [1.165, 1.54) is 0 Å². The molecule has 1 aliphatic carbocycles. The van der Waals surface area contributed by atoms with Crippen molar-refractivity contribution in [1.29, 1.82) is 0 Å². The molecule has 1 saturated carbocycles. The van der Waals surface area contributed by atoms with Gasteiger partial charge in [-0.1, -0.05) is 48.2 Å². The van der Waals surface area contributed by atoms with Crippen molar-refractivity contribution in [2.75, 3.05) is 13.2 Å². The van der Waals surface area contributed by atoms with Crippen molar-refractivity contribution in [3.05, 3.63) is 70.5 Å². The van der Waals surface area contributed by atoms with Gasteiger partial charge in [-0.05, 0) is 49.2 Å². The number of nitrogens with zero attached hydrogens (tertiary/aromatic N) is 2. The first-order valence-electron chi connectivity index (χ1n) is 10.7. The van der Waals surface area contributed by atoms with Crippen LogP contribution in [0.5, 0.6) is 0 Å². The van der Waals surface area contributed by atoms with E-state index in [1.54, 1.807) is 24.4 Å². The fourth-order valence-corrected chi connectivity index (χ4v) is 4.37. The van der Waals surface area contributed by atoms with Crippen LogP contribution in [-0.2, 0) is 4.74 Å². The Kier molecular flexibility index (Phi) is 7.48. The molecular weight excluding hydrogens is 449 g/mol. The highest BCUT2D eigenvalue weighted by Crippen LogP contribution is 2.30. The Hall–Kier alpha value is -2.38. The number of imidazole rings is 1. The summed E-state index contributed by atoms with van der Waals surface area (Å²) in [7, 11) is 0. The van der Waals surface area contributed by atoms with Crippen LogP contribution in [0.25, 0.3) is 17.1 Å². The van der Waals surface area contributed by atoms with E-state index in [-0.39, 0.29) is 31.3 Å². The lowest BCUT2D eigenvalue weighted by molar-refractivity contribution is -0.00980. The molecule has 0 radical (unpaired) electrons. The number of rotatable bonds is 7. The number of nitrogens with one attached hydrogen (secondary N) is 1. The van der Waals surface area contributed by atoms with Crippen LogP contribution in [0.4, 0.5) is 0 Å². The van der Waals surface area contributed by atoms with Gasteiger partial charge in [0.25, 0.3) is 5.91 Å². The van der Waals surface area contributed by atoms with Gasteiger partial charge < -0.3 is 15.2 Å². The molecule has 168 valence electrons. The van der Waals surface area contributed by atoms with Crippen molar-refractivity contribution in [2.24, 2.45) is 0 Å². The molecule has 0 saturated heterocycles. The second-order valence-electron chi connectivity index (χ2n) is 7.77. The molecule has 1 amide bonds. The number of ether oxygens (including phenoxy) is 1. The summed E-state index contributed by atoms with van der Waals surface area (Å²) in [5, 5.41) is 13.3. The fourth-order valence-electron chi connectivity index (χ4n) is 4.03. The van der Waals surface area contributed by atoms with Crippen molar-refractivity contribution >= 4 is 29.1 Å². The third-order valence-corrected chi connectivity index (χ3v) is 6.18. The molecule has 2 aromatic carbocycles. The van der Waals surface area contributed by atoms with Crippen molar-refractivity contribution < 1.29 is 14.6 Å². The minimum atomic E-state index is -0.268. The molecule has 0 unspecified atom stereocenters. The first-order chi connectivity index (χ1) is 15.6. The predicted octanol–water partition coefficient (Wildman–Crippen LogP) is 4.90. The average Bonchev–Trinajstić information content (AvgIpc) is 3.25. The normalized spacial score (nSPS) is 18.5. The van der Waals surface area contributed by atoms with E-state index in [4.69, 9.17) is 33.0 Å². The molecule has 3 aromatic rings. The maximum atomic E-state index is 13.2. The standard InChI is InChI=1S/C24H25Cl2N3O3/c25-16-9-11-17(12-10-16)29-15-21(27-23(29)18-5-1-2-6-19(18)26)24(31)28-20-7-3-4-8-22(20)32-14-13-30/h1-2,5-6,9-12,15,20,22,30H,3-4,7-8,13-14H2,(H,28,31)/t20-,22-/m0/s1. The van der Waals surface area contributed by atoms with Crippen molar-refractivity contribution in [1.82, 2.24) is 14.9 Å². The molecule has 8 heteroatoms. The van der Waals surface area contributed by atoms with E-state index >= 15 is 0 Å². The number of benzene rings is 2. The quantitative estimate of drug-likeness (QED) is 0.511. The molecule has 2 N–H and O–H groups in total. The Morgan fingerprint density at radius 1 is 1.12 bits per heavy atom. The highest BCUT2D eigenvalue weighted by atomic mass is 35.5. The Morgan fingerprint density at radius 3 is 2.62 bits per heavy atom. The Bertz CT molecular complexity index is 1070. The maximum Gasteiger partial charge on any atom is 0.271 e. The number of hydrogen-bond acceptors (Lipinski definition) is 4. The molecular formula is C24H25Cl2N3O3. The zero-order chi connectivity index (χ0) is 22.5. The summed E-state index contributed by atoms with van der Waals surface area (Å²) in [6.07, 6.45) is 5.36. The molecule has 1 aromatic heterocycles. The summed E-state index contributed by atoms with van der Waals surface area (Å²) in [6, 6.07) is 14.6. The minimum absolute atomic E-state index is 0.0378. The fraction of sp³-hybridized carbons (Fsp3) is 0.333. The number of halogens is 2. The SMILES string of the molecule is O=C(N[C@H]1CCCC[C@@H]1OCCO)c1cn(-c2ccc(Cl)cc2)c(-c2ccccc2Cl)n1. The van der Waals surface area contributed by atoms with Crippen LogP contribution in [0.15, 0.2) is 54.7 Å². The van der Waals surface area contributed by atoms with Crippen molar-refractivity contribution in [3.8, 4) is 17.1 Å². The topological polar surface area (TPSA) is 76.4 Å². The average molecular weight is 474 g/mol. The van der Waals surface area contributed by atoms with Crippen LogP contribution in [0, 0.1) is 0 Å². The highest BCUT2D eigenvalue weighted by Gasteiger charge is 2.28. The van der Waals surface area contributed by atoms with Gasteiger partial charge in [-0.2, -0.15) is 0 Å². The molecule has 4 rings (SSSR count). The van der Waals surface area contributed by atoms with Gasteiger partial charge in [-0.15, -0.1) is 0 Å². The van der Waals surface area contributed by atoms with Gasteiger partial charge in [0.05, 0.1) is 30.4 Å². The second kappa shape index (κ2) is 10.5. The minimum Gasteiger partial charge on any atom is -0.394 e. The van der Waals surface area contributed by atoms with E-state index in [1.807, 2.05) is 34.9 Å². The lowest BCUT2D eigenvalue weighted by Crippen LogP contribution is -2.46. The third-order valence-electron chi connectivity index (χ3n) is 5.60. The lowest BCUT2D eigenvalue weighted by atomic mass is 9.92. The van der Waals surface area contributed by atoms with Crippen molar-refractivity contribution in [3.63, 3.8) is 0 Å². The molecule has 1 fully saturated rings. The summed E-state index contributed by atoms with van der Waals surface area (Å²) >= 11 is 12.5. The van der Waals surface area contributed by atoms with Crippen LogP contribution in [0.1, 0.15) is 36.2 Å². The predicted molar refractivity (Wildman–Crippen MR) is 126 cm³/mol. The summed E-state index contributed by atoms with van der Waals surface area (Å²) in [5.41, 5.74) is 1.84. The Labute approximate surface area is 197 Å². The van der Waals surface area contributed by atoms with Crippen LogP contribution in [-0.4, -0.2) is 45.9 Å². The number of hydrogen-bond donors (Lipinski definition) is 2. The Balaban J connectivity index is 1.65. The molecule has 0 spiro atoms. The molecule has 6 nitrogen and oxygen atoms in total. The van der Waals surface area contributed by atoms with Gasteiger partial charge in [0.1, 0.15) is 11.5 Å². The largest absolute Gasteiger partial charge is 0.394 e. The zero-order valence-electron chi connectivity index (χ0n) is 17.5. The number of aliphatic hydroxyl groups excluding tert-OH is 1. The number of amides is 1. The lowest BCUT2D eigenvalue weighted by Gasteiger charge is -2.31. The van der Waals surface area contributed by atoms with Gasteiger partial charge in [0, 0.05) is 22.5 Å². The molecule has 1 aliphatic rings. The Morgan fingerprint density at radius 2 is 1.88 bits per heavy atom. The molecule has 0 bridgehead atoms. The maximum absolute atomic E-state index is 13.2. The highest BCUT2D eigenvalue weighted by molar-refractivity contribution is 6.33. The number of aliphatic hydroxyl groups is 1. The van der Waals surface area contributed by atoms with Crippen LogP contribution < -0.4 is 5.32 Å². The monoisotopic (exact) mass is 473 g/mol. The van der Waals surface area contributed by atoms with Crippen LogP contribution >= 0.6 is 23.2 Å². The molecule has 2 atom stereocenters. The first kappa shape index (κ1) is 22.8. The third kappa shape index (κ3) is 5.15. The van der Waals surface area contributed by atoms with Gasteiger partial charge in [-0.25, -0.2) is 4.98 Å². The number of carbonyl (C=O) groups excluding carboxylic acids is 1. The van der Waals surface area contributed by atoms with E-state index < -0.39 is 0 Å². The summed E-state index contributed by atoms with van der Waals surface area (Å²) in [6.45, 7) is 0.225. The van der Waals surface area contributed by atoms with E-state index in [0.717, 1.165) is 36.9 Å². The second-order valence-corrected chi connectivity index (χ2v) is 8.62. The van der Waals surface area contributed by atoms with Gasteiger partial charge in [0.2, 0.25) is 0 Å². The van der Waals surface area contributed by atoms with E-state index in [2.05, 4.69) is 10.3 Å².